The molecule has 0 radical (unpaired) electrons. The Hall–Kier alpha value is -2.61. The summed E-state index contributed by atoms with van der Waals surface area (Å²) < 4.78 is 11.2. The fourth-order valence-corrected chi connectivity index (χ4v) is 5.12. The first-order valence-corrected chi connectivity index (χ1v) is 12.0. The normalized spacial score (nSPS) is 24.1. The van der Waals surface area contributed by atoms with Crippen LogP contribution in [0.25, 0.3) is 6.08 Å². The van der Waals surface area contributed by atoms with Gasteiger partial charge in [-0.3, -0.25) is 9.69 Å². The SMILES string of the molecule is O=C1/C(=C\c2ccc(N3CCOCC3)cc2)SC(=Nc2ccccc2)N1C[C@@H]1CCCO1. The van der Waals surface area contributed by atoms with Gasteiger partial charge in [0.2, 0.25) is 0 Å². The number of para-hydroxylation sites is 1. The number of amides is 1. The lowest BCUT2D eigenvalue weighted by atomic mass is 10.1. The molecule has 2 aromatic carbocycles. The summed E-state index contributed by atoms with van der Waals surface area (Å²) in [7, 11) is 0. The van der Waals surface area contributed by atoms with Crippen molar-refractivity contribution in [2.75, 3.05) is 44.4 Å². The average molecular weight is 450 g/mol. The van der Waals surface area contributed by atoms with E-state index in [1.807, 2.05) is 36.4 Å². The molecule has 0 aliphatic carbocycles. The van der Waals surface area contributed by atoms with Crippen LogP contribution in [0.15, 0.2) is 64.5 Å². The van der Waals surface area contributed by atoms with Crippen molar-refractivity contribution in [2.24, 2.45) is 4.99 Å². The fourth-order valence-electron chi connectivity index (χ4n) is 4.11. The Balaban J connectivity index is 1.37. The first-order valence-electron chi connectivity index (χ1n) is 11.2. The van der Waals surface area contributed by atoms with Crippen molar-refractivity contribution < 1.29 is 14.3 Å². The summed E-state index contributed by atoms with van der Waals surface area (Å²) in [5, 5.41) is 0.716. The van der Waals surface area contributed by atoms with Gasteiger partial charge in [-0.05, 0) is 60.5 Å². The molecule has 2 aromatic rings. The van der Waals surface area contributed by atoms with E-state index in [2.05, 4.69) is 29.2 Å². The van der Waals surface area contributed by atoms with E-state index >= 15 is 0 Å². The molecule has 5 rings (SSSR count). The van der Waals surface area contributed by atoms with Gasteiger partial charge in [0.25, 0.3) is 5.91 Å². The highest BCUT2D eigenvalue weighted by molar-refractivity contribution is 8.18. The van der Waals surface area contributed by atoms with Crippen LogP contribution >= 0.6 is 11.8 Å². The maximum atomic E-state index is 13.3. The predicted molar refractivity (Wildman–Crippen MR) is 129 cm³/mol. The van der Waals surface area contributed by atoms with Gasteiger partial charge in [0.05, 0.1) is 36.5 Å². The number of anilines is 1. The summed E-state index contributed by atoms with van der Waals surface area (Å²) in [6.45, 7) is 4.66. The van der Waals surface area contributed by atoms with E-state index in [0.29, 0.717) is 16.6 Å². The number of carbonyl (C=O) groups excluding carboxylic acids is 1. The summed E-state index contributed by atoms with van der Waals surface area (Å²) in [6, 6.07) is 18.2. The molecule has 0 spiro atoms. The third kappa shape index (κ3) is 4.90. The lowest BCUT2D eigenvalue weighted by molar-refractivity contribution is -0.123. The lowest BCUT2D eigenvalue weighted by Crippen LogP contribution is -2.36. The Morgan fingerprint density at radius 3 is 2.53 bits per heavy atom. The maximum absolute atomic E-state index is 13.3. The second kappa shape index (κ2) is 9.90. The van der Waals surface area contributed by atoms with Gasteiger partial charge in [-0.15, -0.1) is 0 Å². The third-order valence-corrected chi connectivity index (χ3v) is 6.85. The highest BCUT2D eigenvalue weighted by atomic mass is 32.2. The monoisotopic (exact) mass is 449 g/mol. The molecular weight excluding hydrogens is 422 g/mol. The first-order chi connectivity index (χ1) is 15.8. The van der Waals surface area contributed by atoms with Crippen LogP contribution < -0.4 is 4.90 Å². The number of aliphatic imine (C=N–C) groups is 1. The van der Waals surface area contributed by atoms with Crippen molar-refractivity contribution in [3.05, 3.63) is 65.1 Å². The molecule has 3 saturated heterocycles. The van der Waals surface area contributed by atoms with Crippen LogP contribution in [0.1, 0.15) is 18.4 Å². The summed E-state index contributed by atoms with van der Waals surface area (Å²) >= 11 is 1.44. The lowest BCUT2D eigenvalue weighted by Gasteiger charge is -2.28. The number of carbonyl (C=O) groups is 1. The van der Waals surface area contributed by atoms with E-state index in [1.165, 1.54) is 17.4 Å². The van der Waals surface area contributed by atoms with Crippen LogP contribution in [-0.4, -0.2) is 61.5 Å². The molecule has 6 nitrogen and oxygen atoms in total. The highest BCUT2D eigenvalue weighted by Gasteiger charge is 2.35. The molecular formula is C25H27N3O3S. The van der Waals surface area contributed by atoms with Crippen molar-refractivity contribution in [1.29, 1.82) is 0 Å². The number of amidine groups is 1. The summed E-state index contributed by atoms with van der Waals surface area (Å²) in [4.78, 5) is 22.9. The Labute approximate surface area is 192 Å². The quantitative estimate of drug-likeness (QED) is 0.637. The van der Waals surface area contributed by atoms with Gasteiger partial charge in [-0.1, -0.05) is 30.3 Å². The number of morpholine rings is 1. The van der Waals surface area contributed by atoms with Crippen LogP contribution in [0.4, 0.5) is 11.4 Å². The first kappa shape index (κ1) is 21.2. The molecule has 0 bridgehead atoms. The predicted octanol–water partition coefficient (Wildman–Crippen LogP) is 4.31. The van der Waals surface area contributed by atoms with E-state index in [4.69, 9.17) is 14.5 Å². The average Bonchev–Trinajstić information content (AvgIpc) is 3.45. The van der Waals surface area contributed by atoms with Crippen LogP contribution in [0, 0.1) is 0 Å². The Morgan fingerprint density at radius 2 is 1.81 bits per heavy atom. The molecule has 166 valence electrons. The Kier molecular flexibility index (Phi) is 6.57. The van der Waals surface area contributed by atoms with E-state index in [9.17, 15) is 4.79 Å². The minimum atomic E-state index is -0.00237. The van der Waals surface area contributed by atoms with Gasteiger partial charge in [0.15, 0.2) is 5.17 Å². The number of ether oxygens (including phenoxy) is 2. The van der Waals surface area contributed by atoms with Gasteiger partial charge >= 0.3 is 0 Å². The van der Waals surface area contributed by atoms with Crippen molar-refractivity contribution in [3.63, 3.8) is 0 Å². The van der Waals surface area contributed by atoms with Crippen molar-refractivity contribution in [2.45, 2.75) is 18.9 Å². The van der Waals surface area contributed by atoms with Gasteiger partial charge in [0, 0.05) is 25.4 Å². The highest BCUT2D eigenvalue weighted by Crippen LogP contribution is 2.35. The molecule has 0 aromatic heterocycles. The van der Waals surface area contributed by atoms with Gasteiger partial charge in [-0.2, -0.15) is 0 Å². The summed E-state index contributed by atoms with van der Waals surface area (Å²) in [5.41, 5.74) is 3.04. The molecule has 0 unspecified atom stereocenters. The standard InChI is InChI=1S/C25H27N3O3S/c29-24-23(17-19-8-10-21(11-9-19)27-12-15-30-16-13-27)32-25(26-20-5-2-1-3-6-20)28(24)18-22-7-4-14-31-22/h1-3,5-6,8-11,17,22H,4,7,12-16,18H2/b23-17+,26-25?/t22-/m0/s1. The molecule has 0 N–H and O–H groups in total. The van der Waals surface area contributed by atoms with Crippen LogP contribution in [0.3, 0.4) is 0 Å². The number of hydrogen-bond acceptors (Lipinski definition) is 6. The zero-order valence-corrected chi connectivity index (χ0v) is 18.8. The number of nitrogens with zero attached hydrogens (tertiary/aromatic N) is 3. The van der Waals surface area contributed by atoms with Crippen LogP contribution in [0.5, 0.6) is 0 Å². The molecule has 3 fully saturated rings. The summed E-state index contributed by atoms with van der Waals surface area (Å²) in [5.74, 6) is -0.00237. The Bertz CT molecular complexity index is 995. The topological polar surface area (TPSA) is 54.4 Å². The Morgan fingerprint density at radius 1 is 1.03 bits per heavy atom. The zero-order valence-electron chi connectivity index (χ0n) is 18.0. The van der Waals surface area contributed by atoms with Crippen molar-refractivity contribution in [3.8, 4) is 0 Å². The molecule has 7 heteroatoms. The molecule has 3 heterocycles. The zero-order chi connectivity index (χ0) is 21.8. The summed E-state index contributed by atoms with van der Waals surface area (Å²) in [6.07, 6.45) is 4.07. The van der Waals surface area contributed by atoms with Gasteiger partial charge in [0.1, 0.15) is 0 Å². The van der Waals surface area contributed by atoms with E-state index in [0.717, 1.165) is 57.0 Å². The van der Waals surface area contributed by atoms with E-state index < -0.39 is 0 Å². The van der Waals surface area contributed by atoms with E-state index in [1.54, 1.807) is 4.90 Å². The molecule has 1 amide bonds. The number of hydrogen-bond donors (Lipinski definition) is 0. The van der Waals surface area contributed by atoms with Crippen molar-refractivity contribution >= 4 is 40.3 Å². The second-order valence-electron chi connectivity index (χ2n) is 8.08. The minimum Gasteiger partial charge on any atom is -0.378 e. The van der Waals surface area contributed by atoms with Gasteiger partial charge < -0.3 is 14.4 Å². The van der Waals surface area contributed by atoms with Gasteiger partial charge in [-0.25, -0.2) is 4.99 Å². The minimum absolute atomic E-state index is 0.00237. The van der Waals surface area contributed by atoms with Crippen LogP contribution in [0.2, 0.25) is 0 Å². The molecule has 0 saturated carbocycles. The molecule has 1 atom stereocenters. The smallest absolute Gasteiger partial charge is 0.266 e. The second-order valence-corrected chi connectivity index (χ2v) is 9.09. The fraction of sp³-hybridized carbons (Fsp3) is 0.360. The molecule has 3 aliphatic rings. The maximum Gasteiger partial charge on any atom is 0.266 e. The number of thioether (sulfide) groups is 1. The van der Waals surface area contributed by atoms with Crippen LogP contribution in [-0.2, 0) is 14.3 Å². The van der Waals surface area contributed by atoms with E-state index in [-0.39, 0.29) is 12.0 Å². The van der Waals surface area contributed by atoms with Crippen molar-refractivity contribution in [1.82, 2.24) is 4.90 Å². The molecule has 32 heavy (non-hydrogen) atoms. The number of benzene rings is 2. The number of rotatable bonds is 5. The molecule has 3 aliphatic heterocycles. The third-order valence-electron chi connectivity index (χ3n) is 5.85. The largest absolute Gasteiger partial charge is 0.378 e.